The van der Waals surface area contributed by atoms with Gasteiger partial charge in [0, 0.05) is 12.9 Å². The van der Waals surface area contributed by atoms with Gasteiger partial charge in [-0.25, -0.2) is 0 Å². The quantitative estimate of drug-likeness (QED) is 0.468. The van der Waals surface area contributed by atoms with E-state index in [1.165, 1.54) is 0 Å². The third kappa shape index (κ3) is 4.82. The maximum Gasteiger partial charge on any atom is 0.465 e. The van der Waals surface area contributed by atoms with E-state index in [9.17, 15) is 0 Å². The molecule has 1 N–H and O–H groups in total. The number of hydrogen-bond acceptors (Lipinski definition) is 3. The molecule has 2 aliphatic rings. The molecule has 0 aromatic heterocycles. The molecule has 5 heteroatoms. The van der Waals surface area contributed by atoms with E-state index in [1.54, 1.807) is 7.05 Å². The zero-order valence-corrected chi connectivity index (χ0v) is 12.4. The molecular weight excluding hydrogens is 229 g/mol. The molecule has 1 amide bonds. The van der Waals surface area contributed by atoms with Crippen LogP contribution >= 0.6 is 0 Å². The maximum absolute atomic E-state index is 9.06. The van der Waals surface area contributed by atoms with Gasteiger partial charge in [0.2, 0.25) is 6.41 Å². The predicted molar refractivity (Wildman–Crippen MR) is 75.4 cm³/mol. The van der Waals surface area contributed by atoms with Gasteiger partial charge in [0.15, 0.2) is 0 Å². The fourth-order valence-corrected chi connectivity index (χ4v) is 1.47. The Morgan fingerprint density at radius 2 is 1.94 bits per heavy atom. The Morgan fingerprint density at radius 1 is 1.44 bits per heavy atom. The van der Waals surface area contributed by atoms with Gasteiger partial charge in [0.05, 0.1) is 11.7 Å². The van der Waals surface area contributed by atoms with E-state index in [-0.39, 0.29) is 18.8 Å². The van der Waals surface area contributed by atoms with Gasteiger partial charge in [-0.15, -0.1) is 0 Å². The van der Waals surface area contributed by atoms with Crippen LogP contribution in [-0.2, 0) is 14.1 Å². The summed E-state index contributed by atoms with van der Waals surface area (Å²) in [6.45, 7) is 10.2. The van der Waals surface area contributed by atoms with Crippen LogP contribution in [0, 0.1) is 0 Å². The minimum absolute atomic E-state index is 0.000000000000000222. The molecule has 1 saturated heterocycles. The molecule has 2 rings (SSSR count). The third-order valence-electron chi connectivity index (χ3n) is 3.00. The molecule has 1 heterocycles. The first kappa shape index (κ1) is 17.2. The SMILES string of the molecule is CC.CC1OB(C2C=CC2)OC1(C)C.CNC=O. The summed E-state index contributed by atoms with van der Waals surface area (Å²) in [7, 11) is 1.56. The molecular formula is C13H26BNO3. The monoisotopic (exact) mass is 255 g/mol. The van der Waals surface area contributed by atoms with Crippen LogP contribution in [0.2, 0.25) is 5.82 Å². The predicted octanol–water partition coefficient (Wildman–Crippen LogP) is 2.41. The molecule has 0 aromatic carbocycles. The Morgan fingerprint density at radius 3 is 2.17 bits per heavy atom. The van der Waals surface area contributed by atoms with Crippen LogP contribution in [0.4, 0.5) is 0 Å². The van der Waals surface area contributed by atoms with E-state index in [4.69, 9.17) is 14.1 Å². The summed E-state index contributed by atoms with van der Waals surface area (Å²) in [6.07, 6.45) is 6.26. The highest BCUT2D eigenvalue weighted by Crippen LogP contribution is 2.37. The highest BCUT2D eigenvalue weighted by Gasteiger charge is 2.46. The van der Waals surface area contributed by atoms with Crippen molar-refractivity contribution in [2.75, 3.05) is 7.05 Å². The lowest BCUT2D eigenvalue weighted by molar-refractivity contribution is -0.109. The molecule has 1 fully saturated rings. The zero-order chi connectivity index (χ0) is 14.2. The first-order chi connectivity index (χ1) is 8.51. The topological polar surface area (TPSA) is 47.6 Å². The van der Waals surface area contributed by atoms with Gasteiger partial charge in [-0.3, -0.25) is 4.79 Å². The summed E-state index contributed by atoms with van der Waals surface area (Å²) in [4.78, 5) is 9.06. The second kappa shape index (κ2) is 8.32. The molecule has 104 valence electrons. The molecule has 0 spiro atoms. The molecule has 4 nitrogen and oxygen atoms in total. The lowest BCUT2D eigenvalue weighted by atomic mass is 9.65. The van der Waals surface area contributed by atoms with Gasteiger partial charge in [-0.05, 0) is 27.2 Å². The van der Waals surface area contributed by atoms with Crippen molar-refractivity contribution in [2.45, 2.75) is 58.6 Å². The second-order valence-electron chi connectivity index (χ2n) is 4.60. The number of hydrogen-bond donors (Lipinski definition) is 1. The molecule has 0 radical (unpaired) electrons. The Balaban J connectivity index is 0.000000415. The number of rotatable bonds is 2. The highest BCUT2D eigenvalue weighted by atomic mass is 16.7. The van der Waals surface area contributed by atoms with Gasteiger partial charge in [0.25, 0.3) is 0 Å². The standard InChI is InChI=1S/C9H15BO2.C2H5NO.C2H6/c1-7-9(2,3)12-10(11-7)8-5-4-6-8;1-3-2-4;1-2/h4-5,7-8H,6H2,1-3H3;2H,1H3,(H,3,4);1-2H3. The number of nitrogens with one attached hydrogen (secondary N) is 1. The van der Waals surface area contributed by atoms with Crippen molar-refractivity contribution >= 4 is 13.5 Å². The van der Waals surface area contributed by atoms with Crippen molar-refractivity contribution in [3.05, 3.63) is 12.2 Å². The van der Waals surface area contributed by atoms with Gasteiger partial charge >= 0.3 is 7.12 Å². The Kier molecular flexibility index (Phi) is 7.95. The number of allylic oxidation sites excluding steroid dienone is 2. The van der Waals surface area contributed by atoms with E-state index in [2.05, 4.69) is 38.2 Å². The molecule has 0 bridgehead atoms. The summed E-state index contributed by atoms with van der Waals surface area (Å²) >= 11 is 0. The van der Waals surface area contributed by atoms with E-state index in [1.807, 2.05) is 13.8 Å². The van der Waals surface area contributed by atoms with Crippen molar-refractivity contribution in [2.24, 2.45) is 0 Å². The number of amides is 1. The van der Waals surface area contributed by atoms with Crippen molar-refractivity contribution < 1.29 is 14.1 Å². The fourth-order valence-electron chi connectivity index (χ4n) is 1.47. The number of carbonyl (C=O) groups is 1. The summed E-state index contributed by atoms with van der Waals surface area (Å²) in [5.41, 5.74) is -0.117. The molecule has 18 heavy (non-hydrogen) atoms. The molecule has 0 saturated carbocycles. The van der Waals surface area contributed by atoms with E-state index in [0.717, 1.165) is 6.42 Å². The van der Waals surface area contributed by atoms with E-state index >= 15 is 0 Å². The van der Waals surface area contributed by atoms with Gasteiger partial charge in [-0.2, -0.15) is 0 Å². The summed E-state index contributed by atoms with van der Waals surface area (Å²) < 4.78 is 11.5. The summed E-state index contributed by atoms with van der Waals surface area (Å²) in [5.74, 6) is 0.495. The molecule has 2 atom stereocenters. The van der Waals surface area contributed by atoms with Crippen LogP contribution < -0.4 is 5.32 Å². The van der Waals surface area contributed by atoms with Crippen molar-refractivity contribution in [3.8, 4) is 0 Å². The van der Waals surface area contributed by atoms with Crippen molar-refractivity contribution in [3.63, 3.8) is 0 Å². The van der Waals surface area contributed by atoms with Gasteiger partial charge in [0.1, 0.15) is 0 Å². The van der Waals surface area contributed by atoms with Crippen LogP contribution in [-0.4, -0.2) is 32.3 Å². The van der Waals surface area contributed by atoms with Crippen molar-refractivity contribution in [1.29, 1.82) is 0 Å². The second-order valence-corrected chi connectivity index (χ2v) is 4.60. The highest BCUT2D eigenvalue weighted by molar-refractivity contribution is 6.48. The van der Waals surface area contributed by atoms with Gasteiger partial charge in [-0.1, -0.05) is 26.0 Å². The van der Waals surface area contributed by atoms with Crippen molar-refractivity contribution in [1.82, 2.24) is 5.32 Å². The van der Waals surface area contributed by atoms with Crippen LogP contribution in [0.25, 0.3) is 0 Å². The largest absolute Gasteiger partial charge is 0.465 e. The zero-order valence-electron chi connectivity index (χ0n) is 12.4. The third-order valence-corrected chi connectivity index (χ3v) is 3.00. The average Bonchev–Trinajstić information content (AvgIpc) is 2.54. The van der Waals surface area contributed by atoms with Crippen LogP contribution in [0.3, 0.4) is 0 Å². The number of carbonyl (C=O) groups excluding carboxylic acids is 1. The lowest BCUT2D eigenvalue weighted by Crippen LogP contribution is -2.31. The molecule has 1 aliphatic heterocycles. The fraction of sp³-hybridized carbons (Fsp3) is 0.769. The minimum Gasteiger partial charge on any atom is -0.405 e. The lowest BCUT2D eigenvalue weighted by Gasteiger charge is -2.23. The normalized spacial score (nSPS) is 27.1. The van der Waals surface area contributed by atoms with E-state index in [0.29, 0.717) is 12.2 Å². The van der Waals surface area contributed by atoms with Crippen LogP contribution in [0.1, 0.15) is 41.0 Å². The van der Waals surface area contributed by atoms with Crippen LogP contribution in [0.5, 0.6) is 0 Å². The Hall–Kier alpha value is -0.805. The van der Waals surface area contributed by atoms with Crippen LogP contribution in [0.15, 0.2) is 12.2 Å². The first-order valence-electron chi connectivity index (χ1n) is 6.62. The summed E-state index contributed by atoms with van der Waals surface area (Å²) in [6, 6.07) is 0. The minimum atomic E-state index is -0.117. The summed E-state index contributed by atoms with van der Waals surface area (Å²) in [5, 5.41) is 2.25. The Labute approximate surface area is 111 Å². The first-order valence-corrected chi connectivity index (χ1v) is 6.62. The Bertz CT molecular complexity index is 269. The van der Waals surface area contributed by atoms with E-state index < -0.39 is 0 Å². The maximum atomic E-state index is 9.06. The smallest absolute Gasteiger partial charge is 0.405 e. The molecule has 1 aliphatic carbocycles. The average molecular weight is 255 g/mol. The van der Waals surface area contributed by atoms with Gasteiger partial charge < -0.3 is 14.6 Å². The molecule has 2 unspecified atom stereocenters. The molecule has 0 aromatic rings.